The number of hydrogen-bond acceptors (Lipinski definition) is 6. The Bertz CT molecular complexity index is 226. The van der Waals surface area contributed by atoms with Gasteiger partial charge in [-0.3, -0.25) is 0 Å². The van der Waals surface area contributed by atoms with Crippen molar-refractivity contribution >= 4 is 12.6 Å². The van der Waals surface area contributed by atoms with Crippen LogP contribution in [0, 0.1) is 5.92 Å². The van der Waals surface area contributed by atoms with Crippen LogP contribution in [0.15, 0.2) is 0 Å². The second kappa shape index (κ2) is 4.57. The van der Waals surface area contributed by atoms with Gasteiger partial charge in [0.2, 0.25) is 0 Å². The monoisotopic (exact) mass is 237 g/mol. The van der Waals surface area contributed by atoms with Crippen molar-refractivity contribution in [3.05, 3.63) is 0 Å². The number of ether oxygens (including phenoxy) is 1. The third-order valence-corrected chi connectivity index (χ3v) is 3.84. The molecule has 0 radical (unpaired) electrons. The molecule has 5 nitrogen and oxygen atoms in total. The Labute approximate surface area is 94.6 Å². The van der Waals surface area contributed by atoms with E-state index in [9.17, 15) is 10.2 Å². The van der Waals surface area contributed by atoms with E-state index in [2.05, 4.69) is 12.6 Å². The first-order valence-electron chi connectivity index (χ1n) is 4.97. The van der Waals surface area contributed by atoms with E-state index in [4.69, 9.17) is 15.6 Å². The van der Waals surface area contributed by atoms with E-state index in [1.807, 2.05) is 13.8 Å². The molecule has 0 saturated carbocycles. The Balaban J connectivity index is 2.92. The first-order chi connectivity index (χ1) is 6.84. The standard InChI is InChI=1S/C9H19NO4S/c1-4(2)9(15)8(10)7(13)6(12)5(3-11)14-9/h4-8,11-13,15H,3,10H2,1-2H3/t5-,6+,7+,8-,9+/m1/s1. The molecule has 1 fully saturated rings. The maximum absolute atomic E-state index is 9.72. The van der Waals surface area contributed by atoms with Crippen molar-refractivity contribution in [2.75, 3.05) is 6.61 Å². The summed E-state index contributed by atoms with van der Waals surface area (Å²) < 4.78 is 5.46. The molecule has 0 aliphatic carbocycles. The largest absolute Gasteiger partial charge is 0.394 e. The molecular weight excluding hydrogens is 218 g/mol. The third-order valence-electron chi connectivity index (χ3n) is 2.92. The average molecular weight is 237 g/mol. The number of aliphatic hydroxyl groups excluding tert-OH is 3. The van der Waals surface area contributed by atoms with Gasteiger partial charge in [0.15, 0.2) is 0 Å². The Kier molecular flexibility index (Phi) is 4.02. The summed E-state index contributed by atoms with van der Waals surface area (Å²) in [6, 6.07) is -0.793. The molecule has 0 amide bonds. The smallest absolute Gasteiger partial charge is 0.131 e. The number of thiol groups is 1. The lowest BCUT2D eigenvalue weighted by Gasteiger charge is -2.49. The summed E-state index contributed by atoms with van der Waals surface area (Å²) >= 11 is 4.32. The normalized spacial score (nSPS) is 47.2. The maximum Gasteiger partial charge on any atom is 0.131 e. The van der Waals surface area contributed by atoms with Crippen LogP contribution in [-0.4, -0.2) is 51.2 Å². The second-order valence-corrected chi connectivity index (χ2v) is 4.95. The molecule has 0 aromatic carbocycles. The van der Waals surface area contributed by atoms with Crippen LogP contribution in [0.2, 0.25) is 0 Å². The predicted octanol–water partition coefficient (Wildman–Crippen LogP) is -1.29. The predicted molar refractivity (Wildman–Crippen MR) is 58.5 cm³/mol. The first-order valence-corrected chi connectivity index (χ1v) is 5.42. The van der Waals surface area contributed by atoms with Gasteiger partial charge >= 0.3 is 0 Å². The van der Waals surface area contributed by atoms with Crippen molar-refractivity contribution < 1.29 is 20.1 Å². The van der Waals surface area contributed by atoms with Gasteiger partial charge in [0, 0.05) is 0 Å². The summed E-state index contributed by atoms with van der Waals surface area (Å²) in [6.07, 6.45) is -3.17. The van der Waals surface area contributed by atoms with E-state index in [0.29, 0.717) is 0 Å². The zero-order valence-electron chi connectivity index (χ0n) is 8.87. The topological polar surface area (TPSA) is 95.9 Å². The molecule has 5 N–H and O–H groups in total. The molecule has 0 bridgehead atoms. The first kappa shape index (κ1) is 13.2. The SMILES string of the molecule is CC(C)[C@@]1(S)O[C@H](CO)[C@H](O)[C@H](O)[C@H]1N. The molecule has 1 heterocycles. The van der Waals surface area contributed by atoms with Crippen LogP contribution < -0.4 is 5.73 Å². The summed E-state index contributed by atoms with van der Waals surface area (Å²) in [7, 11) is 0. The zero-order chi connectivity index (χ0) is 11.8. The van der Waals surface area contributed by atoms with Crippen molar-refractivity contribution in [2.45, 2.75) is 43.1 Å². The lowest BCUT2D eigenvalue weighted by Crippen LogP contribution is -2.67. The number of aliphatic hydroxyl groups is 3. The summed E-state index contributed by atoms with van der Waals surface area (Å²) in [6.45, 7) is 3.33. The maximum atomic E-state index is 9.72. The highest BCUT2D eigenvalue weighted by Crippen LogP contribution is 2.37. The lowest BCUT2D eigenvalue weighted by molar-refractivity contribution is -0.211. The fourth-order valence-corrected chi connectivity index (χ4v) is 2.02. The Morgan fingerprint density at radius 3 is 2.33 bits per heavy atom. The molecule has 5 atom stereocenters. The van der Waals surface area contributed by atoms with Crippen LogP contribution in [0.4, 0.5) is 0 Å². The second-order valence-electron chi connectivity index (χ2n) is 4.25. The molecule has 6 heteroatoms. The Hall–Kier alpha value is 0.150. The molecule has 0 aromatic rings. The van der Waals surface area contributed by atoms with Crippen LogP contribution in [0.3, 0.4) is 0 Å². The van der Waals surface area contributed by atoms with E-state index in [1.165, 1.54) is 0 Å². The van der Waals surface area contributed by atoms with E-state index < -0.39 is 29.3 Å². The van der Waals surface area contributed by atoms with Gasteiger partial charge < -0.3 is 25.8 Å². The highest BCUT2D eigenvalue weighted by Gasteiger charge is 2.51. The van der Waals surface area contributed by atoms with Gasteiger partial charge in [0.25, 0.3) is 0 Å². The zero-order valence-corrected chi connectivity index (χ0v) is 9.76. The Morgan fingerprint density at radius 2 is 1.93 bits per heavy atom. The summed E-state index contributed by atoms with van der Waals surface area (Å²) in [5.41, 5.74) is 5.77. The van der Waals surface area contributed by atoms with Crippen molar-refractivity contribution in [3.8, 4) is 0 Å². The van der Waals surface area contributed by atoms with Gasteiger partial charge in [-0.15, -0.1) is 12.6 Å². The molecule has 0 unspecified atom stereocenters. The fourth-order valence-electron chi connectivity index (χ4n) is 1.73. The minimum absolute atomic E-state index is 0.0490. The van der Waals surface area contributed by atoms with Crippen LogP contribution in [-0.2, 0) is 4.74 Å². The highest BCUT2D eigenvalue weighted by molar-refractivity contribution is 7.81. The molecular formula is C9H19NO4S. The summed E-state index contributed by atoms with van der Waals surface area (Å²) in [5.74, 6) is -0.0490. The molecule has 0 spiro atoms. The van der Waals surface area contributed by atoms with Crippen LogP contribution >= 0.6 is 12.6 Å². The number of rotatable bonds is 2. The Morgan fingerprint density at radius 1 is 1.40 bits per heavy atom. The van der Waals surface area contributed by atoms with E-state index in [1.54, 1.807) is 0 Å². The van der Waals surface area contributed by atoms with Gasteiger partial charge in [-0.05, 0) is 5.92 Å². The van der Waals surface area contributed by atoms with Crippen LogP contribution in [0.25, 0.3) is 0 Å². The fraction of sp³-hybridized carbons (Fsp3) is 1.00. The average Bonchev–Trinajstić information content (AvgIpc) is 2.20. The number of nitrogens with two attached hydrogens (primary N) is 1. The molecule has 1 rings (SSSR count). The molecule has 1 aliphatic heterocycles. The van der Waals surface area contributed by atoms with Crippen molar-refractivity contribution in [1.29, 1.82) is 0 Å². The van der Waals surface area contributed by atoms with E-state index in [0.717, 1.165) is 0 Å². The van der Waals surface area contributed by atoms with E-state index >= 15 is 0 Å². The lowest BCUT2D eigenvalue weighted by atomic mass is 9.87. The van der Waals surface area contributed by atoms with Crippen molar-refractivity contribution in [1.82, 2.24) is 0 Å². The third kappa shape index (κ3) is 2.15. The molecule has 1 aliphatic rings. The summed E-state index contributed by atoms with van der Waals surface area (Å²) in [5, 5.41) is 28.3. The van der Waals surface area contributed by atoms with Gasteiger partial charge in [-0.1, -0.05) is 13.8 Å². The minimum Gasteiger partial charge on any atom is -0.394 e. The van der Waals surface area contributed by atoms with Crippen LogP contribution in [0.1, 0.15) is 13.8 Å². The van der Waals surface area contributed by atoms with E-state index in [-0.39, 0.29) is 12.5 Å². The van der Waals surface area contributed by atoms with Gasteiger partial charge in [-0.25, -0.2) is 0 Å². The molecule has 1 saturated heterocycles. The van der Waals surface area contributed by atoms with Crippen molar-refractivity contribution in [3.63, 3.8) is 0 Å². The highest BCUT2D eigenvalue weighted by atomic mass is 32.1. The molecule has 15 heavy (non-hydrogen) atoms. The quantitative estimate of drug-likeness (QED) is 0.385. The molecule has 90 valence electrons. The van der Waals surface area contributed by atoms with Crippen LogP contribution in [0.5, 0.6) is 0 Å². The number of hydrogen-bond donors (Lipinski definition) is 5. The molecule has 0 aromatic heterocycles. The summed E-state index contributed by atoms with van der Waals surface area (Å²) in [4.78, 5) is -1.04. The minimum atomic E-state index is -1.18. The van der Waals surface area contributed by atoms with Crippen molar-refractivity contribution in [2.24, 2.45) is 11.7 Å². The van der Waals surface area contributed by atoms with Gasteiger partial charge in [0.1, 0.15) is 23.2 Å². The van der Waals surface area contributed by atoms with Gasteiger partial charge in [0.05, 0.1) is 12.6 Å². The van der Waals surface area contributed by atoms with Gasteiger partial charge in [-0.2, -0.15) is 0 Å².